The Morgan fingerprint density at radius 1 is 0.817 bits per heavy atom. The van der Waals surface area contributed by atoms with Crippen LogP contribution in [0.4, 0.5) is 4.79 Å². The van der Waals surface area contributed by atoms with Gasteiger partial charge in [-0.2, -0.15) is 16.1 Å². The largest absolute Gasteiger partial charge is 0.483 e. The van der Waals surface area contributed by atoms with Gasteiger partial charge in [0.15, 0.2) is 23.7 Å². The van der Waals surface area contributed by atoms with Crippen LogP contribution in [0.1, 0.15) is 44.2 Å². The number of aliphatic hydroxyl groups excluding tert-OH is 5. The van der Waals surface area contributed by atoms with Gasteiger partial charge in [-0.15, -0.1) is 0 Å². The quantitative estimate of drug-likeness (QED) is 0.0205. The van der Waals surface area contributed by atoms with E-state index in [-0.39, 0.29) is 73.9 Å². The van der Waals surface area contributed by atoms with Crippen LogP contribution < -0.4 is 26.8 Å². The molecule has 30 nitrogen and oxygen atoms in total. The number of imidazole rings is 1. The van der Waals surface area contributed by atoms with Gasteiger partial charge >= 0.3 is 21.7 Å². The van der Waals surface area contributed by atoms with Crippen LogP contribution in [0, 0.1) is 6.92 Å². The molecule has 2 aromatic heterocycles. The van der Waals surface area contributed by atoms with Gasteiger partial charge in [0, 0.05) is 36.9 Å². The molecule has 6 heterocycles. The van der Waals surface area contributed by atoms with Crippen molar-refractivity contribution in [2.45, 2.75) is 112 Å². The minimum absolute atomic E-state index is 0.0100. The number of phosphoric acid groups is 2. The van der Waals surface area contributed by atoms with Gasteiger partial charge in [0.1, 0.15) is 48.6 Å². The molecular weight excluding hydrogens is 1010 g/mol. The fourth-order valence-corrected chi connectivity index (χ4v) is 11.5. The zero-order valence-electron chi connectivity index (χ0n) is 38.4. The molecule has 0 saturated carbocycles. The fraction of sp³-hybridized carbons (Fsp3) is 0.789. The number of aromatic amines is 1. The number of carbonyl (C=O) groups excluding carboxylic acids is 3. The minimum Gasteiger partial charge on any atom is -0.388 e. The lowest BCUT2D eigenvalue weighted by atomic mass is 9.99. The van der Waals surface area contributed by atoms with Gasteiger partial charge in [-0.1, -0.05) is 6.42 Å². The van der Waals surface area contributed by atoms with Gasteiger partial charge in [0.25, 0.3) is 5.56 Å². The molecular formula is C38H62N8O22P2S. The maximum absolute atomic E-state index is 12.8. The van der Waals surface area contributed by atoms with Gasteiger partial charge in [-0.25, -0.2) is 23.9 Å². The first kappa shape index (κ1) is 57.0. The fourth-order valence-electron chi connectivity index (χ4n) is 7.82. The SMILES string of the molecule is Cc1nc2c(ncn2[C@@H]2O[C@H](COP(=O)(O)OP(=O)(O)O[C@H]3OC(CNC(=O)CCOCCOCCOCCOCCNC(=O)CCCC[C@@H]4SC[C@@H]5NC(=O)N[C@@H]54)[C@@H](O)[C@H](O)C3O)C(O)[C@@H]2O)c(=O)[nH]1. The zero-order chi connectivity index (χ0) is 51.3. The summed E-state index contributed by atoms with van der Waals surface area (Å²) in [5, 5.41) is 63.9. The van der Waals surface area contributed by atoms with Crippen molar-refractivity contribution in [3.05, 3.63) is 22.5 Å². The highest BCUT2D eigenvalue weighted by molar-refractivity contribution is 8.00. The number of hydrogen-bond donors (Lipinski definition) is 12. The van der Waals surface area contributed by atoms with Crippen molar-refractivity contribution in [3.8, 4) is 0 Å². The first-order chi connectivity index (χ1) is 33.8. The minimum atomic E-state index is -5.72. The second kappa shape index (κ2) is 26.8. The van der Waals surface area contributed by atoms with Crippen LogP contribution in [0.2, 0.25) is 0 Å². The number of phosphoric ester groups is 2. The Bertz CT molecular complexity index is 2230. The van der Waals surface area contributed by atoms with E-state index in [9.17, 15) is 63.6 Å². The number of urea groups is 1. The van der Waals surface area contributed by atoms with Crippen molar-refractivity contribution >= 4 is 56.4 Å². The van der Waals surface area contributed by atoms with E-state index in [0.717, 1.165) is 35.9 Å². The summed E-state index contributed by atoms with van der Waals surface area (Å²) < 4.78 is 72.9. The van der Waals surface area contributed by atoms with E-state index in [1.165, 1.54) is 6.92 Å². The highest BCUT2D eigenvalue weighted by Gasteiger charge is 2.50. The number of amides is 4. The van der Waals surface area contributed by atoms with Crippen LogP contribution in [0.5, 0.6) is 0 Å². The third kappa shape index (κ3) is 16.6. The van der Waals surface area contributed by atoms with E-state index in [4.69, 9.17) is 37.5 Å². The van der Waals surface area contributed by atoms with Gasteiger partial charge in [0.2, 0.25) is 11.8 Å². The van der Waals surface area contributed by atoms with Crippen molar-refractivity contribution in [1.29, 1.82) is 0 Å². The van der Waals surface area contributed by atoms with E-state index in [1.807, 2.05) is 11.8 Å². The predicted molar refractivity (Wildman–Crippen MR) is 241 cm³/mol. The van der Waals surface area contributed by atoms with Gasteiger partial charge < -0.3 is 90.0 Å². The molecule has 2 aromatic rings. The summed E-state index contributed by atoms with van der Waals surface area (Å²) in [5.74, 6) is 0.491. The molecule has 0 bridgehead atoms. The number of aliphatic hydroxyl groups is 5. The molecule has 5 unspecified atom stereocenters. The molecule has 14 atom stereocenters. The van der Waals surface area contributed by atoms with Crippen LogP contribution in [-0.4, -0.2) is 217 Å². The molecule has 0 aliphatic carbocycles. The summed E-state index contributed by atoms with van der Waals surface area (Å²) in [6.07, 6.45) is -12.3. The van der Waals surface area contributed by atoms with Crippen molar-refractivity contribution in [2.75, 3.05) is 78.3 Å². The maximum atomic E-state index is 12.8. The Morgan fingerprint density at radius 3 is 2.20 bits per heavy atom. The summed E-state index contributed by atoms with van der Waals surface area (Å²) in [7, 11) is -11.3. The molecule has 4 aliphatic rings. The van der Waals surface area contributed by atoms with Crippen molar-refractivity contribution in [1.82, 2.24) is 40.8 Å². The third-order valence-electron chi connectivity index (χ3n) is 11.4. The van der Waals surface area contributed by atoms with Crippen LogP contribution in [0.25, 0.3) is 11.2 Å². The van der Waals surface area contributed by atoms with Gasteiger partial charge in [-0.3, -0.25) is 28.0 Å². The number of hydrogen-bond acceptors (Lipinski definition) is 23. The number of H-pyrrole nitrogens is 1. The highest BCUT2D eigenvalue weighted by Crippen LogP contribution is 2.61. The normalized spacial score (nSPS) is 30.1. The summed E-state index contributed by atoms with van der Waals surface area (Å²) in [5.41, 5.74) is -0.702. The maximum Gasteiger partial charge on any atom is 0.483 e. The smallest absolute Gasteiger partial charge is 0.388 e. The number of aryl methyl sites for hydroxylation is 1. The molecule has 4 saturated heterocycles. The van der Waals surface area contributed by atoms with Gasteiger partial charge in [0.05, 0.1) is 77.9 Å². The van der Waals surface area contributed by atoms with Crippen LogP contribution >= 0.6 is 27.4 Å². The number of fused-ring (bicyclic) bond motifs is 2. The Kier molecular flexibility index (Phi) is 21.5. The number of carbonyl (C=O) groups is 3. The molecule has 71 heavy (non-hydrogen) atoms. The van der Waals surface area contributed by atoms with E-state index in [1.54, 1.807) is 0 Å². The molecule has 402 valence electrons. The van der Waals surface area contributed by atoms with Crippen molar-refractivity contribution < 1.29 is 101 Å². The third-order valence-corrected chi connectivity index (χ3v) is 15.5. The molecule has 6 rings (SSSR count). The Hall–Kier alpha value is -3.27. The number of ether oxygens (including phenoxy) is 6. The van der Waals surface area contributed by atoms with E-state index in [0.29, 0.717) is 44.6 Å². The summed E-state index contributed by atoms with van der Waals surface area (Å²) in [6.45, 7) is 2.25. The Balaban J connectivity index is 0.766. The molecule has 0 aromatic carbocycles. The standard InChI is InChI=1S/C38H62N8O22P2S/c1-20-42-34-28(35(54)43-20)41-19-46(34)36-32(52)30(50)23(65-36)17-64-69(56,57)68-70(58,59)67-37-33(53)31(51)29(49)22(66-37)16-40-26(48)6-8-60-10-12-62-14-15-63-13-11-61-9-7-39-25(47)5-3-2-4-24-27-21(18-71-24)44-38(55)45-27/h19,21-24,27,29-33,36-37,49-53H,2-18H2,1H3,(H,39,47)(H,40,48)(H,56,57)(H,58,59)(H,42,43,54)(H2,44,45,55)/t21-,22?,23+,24-,27-,29+,30?,31-,32-,33?,36+,37+/m0/s1. The molecule has 0 spiro atoms. The lowest BCUT2D eigenvalue weighted by Gasteiger charge is -2.40. The van der Waals surface area contributed by atoms with Crippen LogP contribution in [-0.2, 0) is 60.5 Å². The second-order valence-corrected chi connectivity index (χ2v) is 20.9. The summed E-state index contributed by atoms with van der Waals surface area (Å²) >= 11 is 1.86. The topological polar surface area (TPSA) is 422 Å². The predicted octanol–water partition coefficient (Wildman–Crippen LogP) is -3.48. The van der Waals surface area contributed by atoms with Gasteiger partial charge in [-0.05, 0) is 19.8 Å². The molecule has 12 N–H and O–H groups in total. The average Bonchev–Trinajstić information content (AvgIpc) is 4.07. The molecule has 4 amide bonds. The molecule has 4 fully saturated rings. The number of nitrogens with one attached hydrogen (secondary N) is 5. The van der Waals surface area contributed by atoms with E-state index >= 15 is 0 Å². The highest BCUT2D eigenvalue weighted by atomic mass is 32.2. The van der Waals surface area contributed by atoms with Crippen molar-refractivity contribution in [3.63, 3.8) is 0 Å². The van der Waals surface area contributed by atoms with Crippen molar-refractivity contribution in [2.24, 2.45) is 0 Å². The second-order valence-electron chi connectivity index (χ2n) is 16.7. The monoisotopic (exact) mass is 1080 g/mol. The number of thioether (sulfide) groups is 1. The summed E-state index contributed by atoms with van der Waals surface area (Å²) in [4.78, 5) is 79.3. The zero-order valence-corrected chi connectivity index (χ0v) is 41.0. The Morgan fingerprint density at radius 2 is 1.48 bits per heavy atom. The number of unbranched alkanes of at least 4 members (excludes halogenated alkanes) is 1. The number of rotatable bonds is 30. The van der Waals surface area contributed by atoms with Crippen LogP contribution in [0.3, 0.4) is 0 Å². The van der Waals surface area contributed by atoms with Crippen LogP contribution in [0.15, 0.2) is 11.1 Å². The lowest BCUT2D eigenvalue weighted by Crippen LogP contribution is -2.60. The first-order valence-electron chi connectivity index (χ1n) is 22.7. The van der Waals surface area contributed by atoms with E-state index in [2.05, 4.69) is 40.5 Å². The summed E-state index contributed by atoms with van der Waals surface area (Å²) in [6, 6.07) is 0.259. The number of aromatic nitrogens is 4. The Labute approximate surface area is 409 Å². The first-order valence-corrected chi connectivity index (χ1v) is 26.7. The van der Waals surface area contributed by atoms with E-state index < -0.39 is 95.5 Å². The average molecular weight is 1080 g/mol. The lowest BCUT2D eigenvalue weighted by molar-refractivity contribution is -0.273. The molecule has 4 aliphatic heterocycles. The number of nitrogens with zero attached hydrogens (tertiary/aromatic N) is 3. The molecule has 0 radical (unpaired) electrons. The molecule has 33 heteroatoms.